The van der Waals surface area contributed by atoms with E-state index in [1.54, 1.807) is 6.92 Å². The van der Waals surface area contributed by atoms with Gasteiger partial charge in [0.15, 0.2) is 0 Å². The summed E-state index contributed by atoms with van der Waals surface area (Å²) < 4.78 is 23.3. The Morgan fingerprint density at radius 3 is 2.13 bits per heavy atom. The van der Waals surface area contributed by atoms with Gasteiger partial charge in [0.05, 0.1) is 5.50 Å². The fourth-order valence-electron chi connectivity index (χ4n) is 1.33. The molecule has 0 saturated carbocycles. The molecular weight excluding hydrogens is 257 g/mol. The number of halogens is 2. The van der Waals surface area contributed by atoms with Crippen molar-refractivity contribution in [3.8, 4) is 0 Å². The Balaban J connectivity index is 3.89. The summed E-state index contributed by atoms with van der Waals surface area (Å²) in [6.07, 6.45) is 5.31. The summed E-state index contributed by atoms with van der Waals surface area (Å²) in [5.74, 6) is 0. The number of hydrogen-bond donors (Lipinski definition) is 0. The van der Waals surface area contributed by atoms with Crippen molar-refractivity contribution in [1.29, 1.82) is 0 Å². The van der Waals surface area contributed by atoms with Gasteiger partial charge in [0.1, 0.15) is 0 Å². The van der Waals surface area contributed by atoms with Gasteiger partial charge in [-0.05, 0) is 13.3 Å². The zero-order chi connectivity index (χ0) is 11.9. The Hall–Kier alpha value is 0.490. The fourth-order valence-corrected chi connectivity index (χ4v) is 3.13. The van der Waals surface area contributed by atoms with Crippen molar-refractivity contribution in [1.82, 2.24) is 4.31 Å². The van der Waals surface area contributed by atoms with Crippen molar-refractivity contribution in [2.24, 2.45) is 0 Å². The molecule has 0 bridgehead atoms. The van der Waals surface area contributed by atoms with Crippen LogP contribution < -0.4 is 0 Å². The van der Waals surface area contributed by atoms with Gasteiger partial charge in [-0.25, -0.2) is 0 Å². The molecule has 15 heavy (non-hydrogen) atoms. The van der Waals surface area contributed by atoms with Gasteiger partial charge in [0, 0.05) is 17.2 Å². The summed E-state index contributed by atoms with van der Waals surface area (Å²) in [5, 5.41) is 0. The van der Waals surface area contributed by atoms with Gasteiger partial charge in [-0.2, -0.15) is 12.7 Å². The summed E-state index contributed by atoms with van der Waals surface area (Å²) in [5.41, 5.74) is -0.585. The second-order valence-corrected chi connectivity index (χ2v) is 6.64. The predicted octanol–water partition coefficient (Wildman–Crippen LogP) is 3.33. The van der Waals surface area contributed by atoms with Crippen LogP contribution in [0, 0.1) is 0 Å². The molecular formula is C9H19Cl2NO2S. The van der Waals surface area contributed by atoms with Gasteiger partial charge in [-0.3, -0.25) is 0 Å². The highest BCUT2D eigenvalue weighted by atomic mass is 35.7. The molecule has 0 saturated heterocycles. The SMILES string of the molecule is CCCCCCCN(C(C)Cl)S(=O)(=O)Cl. The molecule has 0 aliphatic heterocycles. The first-order chi connectivity index (χ1) is 6.89. The Bertz CT molecular complexity index is 255. The van der Waals surface area contributed by atoms with Crippen LogP contribution in [0.5, 0.6) is 0 Å². The Morgan fingerprint density at radius 1 is 1.20 bits per heavy atom. The summed E-state index contributed by atoms with van der Waals surface area (Å²) in [6.45, 7) is 4.14. The molecule has 0 aromatic rings. The van der Waals surface area contributed by atoms with Crippen molar-refractivity contribution in [3.63, 3.8) is 0 Å². The maximum Gasteiger partial charge on any atom is 0.301 e. The highest BCUT2D eigenvalue weighted by Gasteiger charge is 2.22. The van der Waals surface area contributed by atoms with E-state index >= 15 is 0 Å². The number of alkyl halides is 1. The fraction of sp³-hybridized carbons (Fsp3) is 1.00. The molecule has 6 heteroatoms. The molecule has 0 N–H and O–H groups in total. The van der Waals surface area contributed by atoms with Crippen molar-refractivity contribution in [2.45, 2.75) is 51.5 Å². The Labute approximate surface area is 102 Å². The van der Waals surface area contributed by atoms with E-state index in [2.05, 4.69) is 6.92 Å². The molecule has 0 fully saturated rings. The lowest BCUT2D eigenvalue weighted by Crippen LogP contribution is -2.33. The summed E-state index contributed by atoms with van der Waals surface area (Å²) in [6, 6.07) is 0. The van der Waals surface area contributed by atoms with Crippen LogP contribution >= 0.6 is 22.3 Å². The third-order valence-corrected chi connectivity index (χ3v) is 4.10. The summed E-state index contributed by atoms with van der Waals surface area (Å²) >= 11 is 5.73. The predicted molar refractivity (Wildman–Crippen MR) is 65.6 cm³/mol. The minimum Gasteiger partial charge on any atom is -0.195 e. The van der Waals surface area contributed by atoms with Crippen LogP contribution in [0.25, 0.3) is 0 Å². The molecule has 3 nitrogen and oxygen atoms in total. The van der Waals surface area contributed by atoms with E-state index in [1.165, 1.54) is 12.8 Å². The normalized spacial score (nSPS) is 14.5. The van der Waals surface area contributed by atoms with Gasteiger partial charge in [-0.15, -0.1) is 11.6 Å². The number of nitrogens with zero attached hydrogens (tertiary/aromatic N) is 1. The molecule has 0 aromatic heterocycles. The molecule has 1 atom stereocenters. The van der Waals surface area contributed by atoms with Gasteiger partial charge < -0.3 is 0 Å². The third kappa shape index (κ3) is 7.39. The van der Waals surface area contributed by atoms with Crippen LogP contribution in [0.3, 0.4) is 0 Å². The van der Waals surface area contributed by atoms with Gasteiger partial charge in [-0.1, -0.05) is 32.6 Å². The molecule has 0 spiro atoms. The molecule has 0 radical (unpaired) electrons. The third-order valence-electron chi connectivity index (χ3n) is 2.16. The lowest BCUT2D eigenvalue weighted by Gasteiger charge is -2.20. The van der Waals surface area contributed by atoms with Crippen LogP contribution in [0.15, 0.2) is 0 Å². The standard InChI is InChI=1S/C9H19Cl2NO2S/c1-3-4-5-6-7-8-12(9(2)10)15(11,13)14/h9H,3-8H2,1-2H3. The van der Waals surface area contributed by atoms with E-state index in [9.17, 15) is 8.42 Å². The number of unbranched alkanes of at least 4 members (excludes halogenated alkanes) is 4. The average Bonchev–Trinajstić information content (AvgIpc) is 2.08. The van der Waals surface area contributed by atoms with Crippen molar-refractivity contribution < 1.29 is 8.42 Å². The van der Waals surface area contributed by atoms with Crippen molar-refractivity contribution in [3.05, 3.63) is 0 Å². The van der Waals surface area contributed by atoms with Gasteiger partial charge in [0.25, 0.3) is 0 Å². The quantitative estimate of drug-likeness (QED) is 0.295. The topological polar surface area (TPSA) is 37.4 Å². The molecule has 0 heterocycles. The monoisotopic (exact) mass is 275 g/mol. The first-order valence-electron chi connectivity index (χ1n) is 5.25. The van der Waals surface area contributed by atoms with Crippen LogP contribution in [0.2, 0.25) is 0 Å². The first kappa shape index (κ1) is 15.5. The van der Waals surface area contributed by atoms with E-state index in [4.69, 9.17) is 22.3 Å². The zero-order valence-electron chi connectivity index (χ0n) is 9.25. The zero-order valence-corrected chi connectivity index (χ0v) is 11.6. The van der Waals surface area contributed by atoms with E-state index in [0.717, 1.165) is 23.6 Å². The smallest absolute Gasteiger partial charge is 0.195 e. The highest BCUT2D eigenvalue weighted by Crippen LogP contribution is 2.16. The maximum atomic E-state index is 11.1. The van der Waals surface area contributed by atoms with E-state index in [0.29, 0.717) is 6.54 Å². The van der Waals surface area contributed by atoms with Crippen LogP contribution in [0.1, 0.15) is 46.0 Å². The first-order valence-corrected chi connectivity index (χ1v) is 7.95. The number of hydrogen-bond acceptors (Lipinski definition) is 2. The van der Waals surface area contributed by atoms with Crippen molar-refractivity contribution >= 4 is 31.5 Å². The average molecular weight is 276 g/mol. The summed E-state index contributed by atoms with van der Waals surface area (Å²) in [4.78, 5) is 0. The molecule has 0 aliphatic carbocycles. The molecule has 0 aromatic carbocycles. The molecule has 92 valence electrons. The lowest BCUT2D eigenvalue weighted by atomic mass is 10.1. The minimum absolute atomic E-state index is 0.403. The highest BCUT2D eigenvalue weighted by molar-refractivity contribution is 8.11. The van der Waals surface area contributed by atoms with E-state index in [-0.39, 0.29) is 0 Å². The number of rotatable bonds is 8. The van der Waals surface area contributed by atoms with Gasteiger partial charge in [0.2, 0.25) is 0 Å². The Kier molecular flexibility index (Phi) is 7.96. The molecule has 0 amide bonds. The minimum atomic E-state index is -3.68. The Morgan fingerprint density at radius 2 is 1.73 bits per heavy atom. The molecule has 1 unspecified atom stereocenters. The molecule has 0 rings (SSSR count). The maximum absolute atomic E-state index is 11.1. The summed E-state index contributed by atoms with van der Waals surface area (Å²) in [7, 11) is 1.56. The molecule has 0 aliphatic rings. The van der Waals surface area contributed by atoms with Crippen LogP contribution in [-0.2, 0) is 9.24 Å². The second-order valence-electron chi connectivity index (χ2n) is 3.54. The second kappa shape index (κ2) is 7.71. The largest absolute Gasteiger partial charge is 0.301 e. The van der Waals surface area contributed by atoms with Crippen LogP contribution in [0.4, 0.5) is 0 Å². The van der Waals surface area contributed by atoms with Crippen molar-refractivity contribution in [2.75, 3.05) is 6.54 Å². The van der Waals surface area contributed by atoms with E-state index in [1.807, 2.05) is 0 Å². The van der Waals surface area contributed by atoms with Gasteiger partial charge >= 0.3 is 9.24 Å². The van der Waals surface area contributed by atoms with Crippen LogP contribution in [-0.4, -0.2) is 24.8 Å². The van der Waals surface area contributed by atoms with E-state index < -0.39 is 14.7 Å². The lowest BCUT2D eigenvalue weighted by molar-refractivity contribution is 0.396.